The molecule has 2 amide bonds. The second-order valence-electron chi connectivity index (χ2n) is 8.48. The zero-order valence-electron chi connectivity index (χ0n) is 20.3. The molecule has 1 fully saturated rings. The molecule has 0 radical (unpaired) electrons. The van der Waals surface area contributed by atoms with Gasteiger partial charge in [0.2, 0.25) is 5.91 Å². The summed E-state index contributed by atoms with van der Waals surface area (Å²) in [6.07, 6.45) is 7.79. The second kappa shape index (κ2) is 10.7. The molecule has 0 unspecified atom stereocenters. The number of alkyl halides is 2. The van der Waals surface area contributed by atoms with Crippen molar-refractivity contribution in [1.82, 2.24) is 29.7 Å². The van der Waals surface area contributed by atoms with Crippen LogP contribution >= 0.6 is 0 Å². The first kappa shape index (κ1) is 24.9. The molecule has 1 aromatic carbocycles. The van der Waals surface area contributed by atoms with E-state index in [-0.39, 0.29) is 28.3 Å². The molecule has 5 heterocycles. The Bertz CT molecular complexity index is 1470. The van der Waals surface area contributed by atoms with Crippen molar-refractivity contribution in [3.05, 3.63) is 48.5 Å². The zero-order valence-corrected chi connectivity index (χ0v) is 20.3. The molecule has 0 bridgehead atoms. The van der Waals surface area contributed by atoms with Crippen LogP contribution in [-0.2, 0) is 4.79 Å². The van der Waals surface area contributed by atoms with Crippen molar-refractivity contribution in [2.75, 3.05) is 37.4 Å². The summed E-state index contributed by atoms with van der Waals surface area (Å²) >= 11 is 0. The predicted molar refractivity (Wildman–Crippen MR) is 132 cm³/mol. The maximum Gasteiger partial charge on any atom is 0.387 e. The molecule has 0 atom stereocenters. The van der Waals surface area contributed by atoms with Gasteiger partial charge < -0.3 is 25.0 Å². The second-order valence-corrected chi connectivity index (χ2v) is 8.48. The van der Waals surface area contributed by atoms with Crippen LogP contribution in [0.4, 0.5) is 20.2 Å². The molecule has 1 saturated heterocycles. The molecule has 0 spiro atoms. The van der Waals surface area contributed by atoms with Gasteiger partial charge in [0.25, 0.3) is 5.91 Å². The summed E-state index contributed by atoms with van der Waals surface area (Å²) in [6, 6.07) is 4.67. The van der Waals surface area contributed by atoms with E-state index in [0.29, 0.717) is 36.1 Å². The van der Waals surface area contributed by atoms with Crippen LogP contribution in [0.15, 0.2) is 43.0 Å². The number of carbonyl (C=O) groups is 2. The molecule has 2 aliphatic heterocycles. The Morgan fingerprint density at radius 2 is 2.16 bits per heavy atom. The highest BCUT2D eigenvalue weighted by molar-refractivity contribution is 6.09. The molecule has 6 rings (SSSR count). The van der Waals surface area contributed by atoms with E-state index in [9.17, 15) is 18.4 Å². The van der Waals surface area contributed by atoms with Gasteiger partial charge in [-0.25, -0.2) is 9.50 Å². The Hall–Kier alpha value is -4.75. The summed E-state index contributed by atoms with van der Waals surface area (Å²) < 4.78 is 37.8. The fourth-order valence-electron chi connectivity index (χ4n) is 4.10. The topological polar surface area (TPSA) is 139 Å². The Morgan fingerprint density at radius 1 is 1.29 bits per heavy atom. The van der Waals surface area contributed by atoms with Crippen molar-refractivity contribution in [1.29, 1.82) is 0 Å². The van der Waals surface area contributed by atoms with Crippen LogP contribution in [-0.4, -0.2) is 74.9 Å². The fourth-order valence-corrected chi connectivity index (χ4v) is 4.10. The van der Waals surface area contributed by atoms with Crippen molar-refractivity contribution in [2.45, 2.75) is 19.5 Å². The third-order valence-electron chi connectivity index (χ3n) is 5.96. The maximum atomic E-state index is 13.0. The minimum absolute atomic E-state index is 0.0934. The number of hydrogen-bond acceptors (Lipinski definition) is 8. The van der Waals surface area contributed by atoms with Gasteiger partial charge in [-0.3, -0.25) is 14.7 Å². The molecular formula is C24H24F2N8O4. The standard InChI is InChI=1S/C19H15F2N7O3.C5H9NO/c20-19(21)31-14-7-12-15(30-5-3-22-12)6-10(14)16-13(9-24-27-16)26-18(29)11-8-25-28-4-1-2-23-17(11)28;1-6-4-2-3-5(6)7/h1-2,4,6-9,19,22H,3,5H2,(H,24,27)(H,26,29);2-4H2,1H3. The van der Waals surface area contributed by atoms with Gasteiger partial charge in [0.15, 0.2) is 5.65 Å². The third kappa shape index (κ3) is 5.19. The van der Waals surface area contributed by atoms with E-state index in [0.717, 1.165) is 19.4 Å². The summed E-state index contributed by atoms with van der Waals surface area (Å²) in [5, 5.41) is 16.6. The number of anilines is 2. The van der Waals surface area contributed by atoms with E-state index in [1.165, 1.54) is 23.0 Å². The van der Waals surface area contributed by atoms with Gasteiger partial charge in [-0.1, -0.05) is 0 Å². The highest BCUT2D eigenvalue weighted by Gasteiger charge is 2.23. The Labute approximate surface area is 214 Å². The number of halogens is 2. The van der Waals surface area contributed by atoms with Crippen LogP contribution in [0, 0.1) is 0 Å². The quantitative estimate of drug-likeness (QED) is 0.361. The molecule has 38 heavy (non-hydrogen) atoms. The van der Waals surface area contributed by atoms with Gasteiger partial charge in [0.05, 0.1) is 29.5 Å². The number of aromatic nitrogens is 5. The zero-order chi connectivity index (χ0) is 26.6. The lowest BCUT2D eigenvalue weighted by atomic mass is 10.1. The van der Waals surface area contributed by atoms with Gasteiger partial charge in [0, 0.05) is 50.6 Å². The lowest BCUT2D eigenvalue weighted by molar-refractivity contribution is -0.126. The van der Waals surface area contributed by atoms with Crippen LogP contribution in [0.25, 0.3) is 16.9 Å². The summed E-state index contributed by atoms with van der Waals surface area (Å²) in [5.41, 5.74) is 1.96. The first-order valence-electron chi connectivity index (χ1n) is 11.8. The molecule has 3 N–H and O–H groups in total. The SMILES string of the molecule is CN1CCCC1=O.O=C(Nc1cn[nH]c1-c1cc2c(cc1OC(F)F)NCCO2)c1cnn2cccnc12. The maximum absolute atomic E-state index is 13.0. The van der Waals surface area contributed by atoms with E-state index < -0.39 is 12.5 Å². The van der Waals surface area contributed by atoms with Crippen molar-refractivity contribution in [3.63, 3.8) is 0 Å². The third-order valence-corrected chi connectivity index (χ3v) is 5.96. The van der Waals surface area contributed by atoms with Crippen molar-refractivity contribution >= 4 is 28.8 Å². The number of hydrogen-bond donors (Lipinski definition) is 3. The number of carbonyl (C=O) groups excluding carboxylic acids is 2. The van der Waals surface area contributed by atoms with Gasteiger partial charge in [-0.05, 0) is 18.6 Å². The predicted octanol–water partition coefficient (Wildman–Crippen LogP) is 3.02. The molecule has 4 aromatic rings. The fraction of sp³-hybridized carbons (Fsp3) is 0.292. The number of benzene rings is 1. The number of amides is 2. The number of nitrogens with one attached hydrogen (secondary N) is 3. The molecule has 14 heteroatoms. The Morgan fingerprint density at radius 3 is 2.89 bits per heavy atom. The minimum Gasteiger partial charge on any atom is -0.490 e. The number of H-pyrrole nitrogens is 1. The van der Waals surface area contributed by atoms with Gasteiger partial charge in [-0.15, -0.1) is 0 Å². The number of aromatic amines is 1. The normalized spacial score (nSPS) is 14.4. The lowest BCUT2D eigenvalue weighted by Crippen LogP contribution is -2.18. The van der Waals surface area contributed by atoms with Crippen LogP contribution in [0.5, 0.6) is 11.5 Å². The monoisotopic (exact) mass is 526 g/mol. The van der Waals surface area contributed by atoms with E-state index in [2.05, 4.69) is 30.9 Å². The molecule has 0 aliphatic carbocycles. The lowest BCUT2D eigenvalue weighted by Gasteiger charge is -2.22. The van der Waals surface area contributed by atoms with Crippen molar-refractivity contribution < 1.29 is 27.8 Å². The first-order chi connectivity index (χ1) is 18.4. The molecule has 12 nitrogen and oxygen atoms in total. The van der Waals surface area contributed by atoms with Gasteiger partial charge in [-0.2, -0.15) is 19.0 Å². The molecule has 2 aliphatic rings. The average Bonchev–Trinajstić information content (AvgIpc) is 3.64. The number of nitrogens with zero attached hydrogens (tertiary/aromatic N) is 5. The van der Waals surface area contributed by atoms with Crippen LogP contribution in [0.2, 0.25) is 0 Å². The minimum atomic E-state index is -3.04. The summed E-state index contributed by atoms with van der Waals surface area (Å²) in [6.45, 7) is -1.11. The Kier molecular flexibility index (Phi) is 7.02. The van der Waals surface area contributed by atoms with E-state index in [4.69, 9.17) is 9.47 Å². The number of ether oxygens (including phenoxy) is 2. The summed E-state index contributed by atoms with van der Waals surface area (Å²) in [4.78, 5) is 29.3. The summed E-state index contributed by atoms with van der Waals surface area (Å²) in [7, 11) is 1.84. The highest BCUT2D eigenvalue weighted by atomic mass is 19.3. The molecule has 0 saturated carbocycles. The Balaban J connectivity index is 0.000000366. The van der Waals surface area contributed by atoms with Gasteiger partial charge >= 0.3 is 6.61 Å². The van der Waals surface area contributed by atoms with Gasteiger partial charge in [0.1, 0.15) is 23.7 Å². The van der Waals surface area contributed by atoms with E-state index in [1.807, 2.05) is 7.05 Å². The van der Waals surface area contributed by atoms with Crippen molar-refractivity contribution in [2.24, 2.45) is 0 Å². The highest BCUT2D eigenvalue weighted by Crippen LogP contribution is 2.42. The smallest absolute Gasteiger partial charge is 0.387 e. The van der Waals surface area contributed by atoms with Crippen LogP contribution in [0.3, 0.4) is 0 Å². The summed E-state index contributed by atoms with van der Waals surface area (Å²) in [5.74, 6) is 0.189. The largest absolute Gasteiger partial charge is 0.490 e. The molecular weight excluding hydrogens is 502 g/mol. The molecule has 3 aromatic heterocycles. The number of fused-ring (bicyclic) bond motifs is 2. The van der Waals surface area contributed by atoms with E-state index in [1.54, 1.807) is 29.4 Å². The number of likely N-dealkylation sites (tertiary alicyclic amines) is 1. The number of rotatable bonds is 5. The first-order valence-corrected chi connectivity index (χ1v) is 11.8. The van der Waals surface area contributed by atoms with Crippen LogP contribution < -0.4 is 20.1 Å². The van der Waals surface area contributed by atoms with Crippen molar-refractivity contribution in [3.8, 4) is 22.8 Å². The van der Waals surface area contributed by atoms with Crippen LogP contribution in [0.1, 0.15) is 23.2 Å². The van der Waals surface area contributed by atoms with E-state index >= 15 is 0 Å². The average molecular weight is 527 g/mol. The molecule has 198 valence electrons.